The van der Waals surface area contributed by atoms with Gasteiger partial charge in [0, 0.05) is 13.0 Å². The summed E-state index contributed by atoms with van der Waals surface area (Å²) in [6, 6.07) is 1.80. The number of aromatic nitrogens is 1. The molecule has 0 spiro atoms. The Hall–Kier alpha value is -2.12. The predicted octanol–water partition coefficient (Wildman–Crippen LogP) is 2.25. The van der Waals surface area contributed by atoms with E-state index in [2.05, 4.69) is 10.3 Å². The van der Waals surface area contributed by atoms with Crippen LogP contribution < -0.4 is 5.32 Å². The van der Waals surface area contributed by atoms with E-state index in [1.807, 2.05) is 0 Å². The molecule has 1 atom stereocenters. The smallest absolute Gasteiger partial charge is 0.433 e. The molecule has 1 rings (SSSR count). The van der Waals surface area contributed by atoms with Crippen molar-refractivity contribution in [1.82, 2.24) is 10.3 Å². The molecule has 0 fully saturated rings. The maximum Gasteiger partial charge on any atom is 0.433 e. The number of nitrogens with one attached hydrogen (secondary N) is 1. The number of carbonyl (C=O) groups is 2. The van der Waals surface area contributed by atoms with E-state index in [-0.39, 0.29) is 30.1 Å². The van der Waals surface area contributed by atoms with Crippen molar-refractivity contribution in [2.24, 2.45) is 5.92 Å². The molecule has 1 amide bonds. The van der Waals surface area contributed by atoms with Gasteiger partial charge in [-0.15, -0.1) is 0 Å². The molecule has 0 aromatic carbocycles. The van der Waals surface area contributed by atoms with E-state index in [0.717, 1.165) is 12.1 Å². The lowest BCUT2D eigenvalue weighted by Gasteiger charge is -2.12. The SMILES string of the molecule is Cc1nc(C(F)(F)F)ccc1C(=O)NCC(C)CC(=O)O. The number of hydrogen-bond donors (Lipinski definition) is 2. The average molecular weight is 304 g/mol. The van der Waals surface area contributed by atoms with Crippen LogP contribution in [0.4, 0.5) is 13.2 Å². The molecule has 1 unspecified atom stereocenters. The molecule has 8 heteroatoms. The molecule has 0 radical (unpaired) electrons. The summed E-state index contributed by atoms with van der Waals surface area (Å²) in [6.45, 7) is 3.07. The van der Waals surface area contributed by atoms with Gasteiger partial charge in [-0.2, -0.15) is 13.2 Å². The summed E-state index contributed by atoms with van der Waals surface area (Å²) in [5.74, 6) is -1.84. The summed E-state index contributed by atoms with van der Waals surface area (Å²) in [5.41, 5.74) is -1.06. The number of nitrogens with zero attached hydrogens (tertiary/aromatic N) is 1. The van der Waals surface area contributed by atoms with Crippen LogP contribution >= 0.6 is 0 Å². The first-order chi connectivity index (χ1) is 9.61. The molecule has 1 heterocycles. The molecule has 0 bridgehead atoms. The van der Waals surface area contributed by atoms with Gasteiger partial charge < -0.3 is 10.4 Å². The number of alkyl halides is 3. The van der Waals surface area contributed by atoms with Gasteiger partial charge in [-0.05, 0) is 25.0 Å². The highest BCUT2D eigenvalue weighted by molar-refractivity contribution is 5.95. The highest BCUT2D eigenvalue weighted by Gasteiger charge is 2.33. The second-order valence-corrected chi connectivity index (χ2v) is 4.74. The van der Waals surface area contributed by atoms with Crippen molar-refractivity contribution >= 4 is 11.9 Å². The first kappa shape index (κ1) is 16.9. The summed E-state index contributed by atoms with van der Waals surface area (Å²) in [7, 11) is 0. The van der Waals surface area contributed by atoms with Crippen molar-refractivity contribution in [3.63, 3.8) is 0 Å². The van der Waals surface area contributed by atoms with Crippen LogP contribution in [0.5, 0.6) is 0 Å². The van der Waals surface area contributed by atoms with E-state index in [9.17, 15) is 22.8 Å². The number of rotatable bonds is 5. The van der Waals surface area contributed by atoms with E-state index in [0.29, 0.717) is 0 Å². The molecule has 1 aromatic rings. The minimum Gasteiger partial charge on any atom is -0.481 e. The monoisotopic (exact) mass is 304 g/mol. The standard InChI is InChI=1S/C13H15F3N2O3/c1-7(5-11(19)20)6-17-12(21)9-3-4-10(13(14,15)16)18-8(9)2/h3-4,7H,5-6H2,1-2H3,(H,17,21)(H,19,20). The number of amides is 1. The second-order valence-electron chi connectivity index (χ2n) is 4.74. The Morgan fingerprint density at radius 3 is 2.48 bits per heavy atom. The molecule has 0 saturated carbocycles. The molecule has 0 aliphatic carbocycles. The fourth-order valence-corrected chi connectivity index (χ4v) is 1.69. The molecule has 0 aliphatic rings. The lowest BCUT2D eigenvalue weighted by atomic mass is 10.1. The summed E-state index contributed by atoms with van der Waals surface area (Å²) in [4.78, 5) is 25.7. The molecule has 0 aliphatic heterocycles. The number of carboxylic acid groups (broad SMARTS) is 1. The maximum atomic E-state index is 12.5. The van der Waals surface area contributed by atoms with E-state index < -0.39 is 23.7 Å². The lowest BCUT2D eigenvalue weighted by molar-refractivity contribution is -0.141. The van der Waals surface area contributed by atoms with Gasteiger partial charge in [0.15, 0.2) is 0 Å². The third-order valence-corrected chi connectivity index (χ3v) is 2.76. The van der Waals surface area contributed by atoms with E-state index in [4.69, 9.17) is 5.11 Å². The van der Waals surface area contributed by atoms with Crippen molar-refractivity contribution in [2.75, 3.05) is 6.54 Å². The van der Waals surface area contributed by atoms with Crippen molar-refractivity contribution in [2.45, 2.75) is 26.4 Å². The van der Waals surface area contributed by atoms with Crippen LogP contribution in [0.3, 0.4) is 0 Å². The zero-order valence-electron chi connectivity index (χ0n) is 11.5. The van der Waals surface area contributed by atoms with Crippen LogP contribution in [0.25, 0.3) is 0 Å². The zero-order valence-corrected chi connectivity index (χ0v) is 11.5. The number of halogens is 3. The third-order valence-electron chi connectivity index (χ3n) is 2.76. The molecule has 1 aromatic heterocycles. The molecule has 116 valence electrons. The number of carbonyl (C=O) groups excluding carboxylic acids is 1. The minimum atomic E-state index is -4.56. The quantitative estimate of drug-likeness (QED) is 0.874. The predicted molar refractivity (Wildman–Crippen MR) is 67.7 cm³/mol. The number of pyridine rings is 1. The summed E-state index contributed by atoms with van der Waals surface area (Å²) < 4.78 is 37.4. The Bertz CT molecular complexity index is 544. The normalized spacial score (nSPS) is 12.8. The number of aliphatic carboxylic acids is 1. The molecular weight excluding hydrogens is 289 g/mol. The van der Waals surface area contributed by atoms with Crippen molar-refractivity contribution in [3.8, 4) is 0 Å². The van der Waals surface area contributed by atoms with Gasteiger partial charge in [-0.3, -0.25) is 9.59 Å². The highest BCUT2D eigenvalue weighted by Crippen LogP contribution is 2.28. The minimum absolute atomic E-state index is 0.0329. The van der Waals surface area contributed by atoms with Gasteiger partial charge in [0.2, 0.25) is 0 Å². The summed E-state index contributed by atoms with van der Waals surface area (Å²) in [5, 5.41) is 11.1. The molecule has 21 heavy (non-hydrogen) atoms. The van der Waals surface area contributed by atoms with Crippen LogP contribution in [0.2, 0.25) is 0 Å². The van der Waals surface area contributed by atoms with Crippen molar-refractivity contribution < 1.29 is 27.9 Å². The van der Waals surface area contributed by atoms with Gasteiger partial charge in [0.25, 0.3) is 5.91 Å². The largest absolute Gasteiger partial charge is 0.481 e. The van der Waals surface area contributed by atoms with Crippen LogP contribution in [0.15, 0.2) is 12.1 Å². The van der Waals surface area contributed by atoms with Crippen LogP contribution in [0.1, 0.15) is 35.1 Å². The first-order valence-corrected chi connectivity index (χ1v) is 6.16. The van der Waals surface area contributed by atoms with Crippen LogP contribution in [-0.4, -0.2) is 28.5 Å². The molecule has 2 N–H and O–H groups in total. The fraction of sp³-hybridized carbons (Fsp3) is 0.462. The first-order valence-electron chi connectivity index (χ1n) is 6.16. The fourth-order valence-electron chi connectivity index (χ4n) is 1.69. The third kappa shape index (κ3) is 5.05. The van der Waals surface area contributed by atoms with Gasteiger partial charge in [-0.1, -0.05) is 6.92 Å². The topological polar surface area (TPSA) is 79.3 Å². The van der Waals surface area contributed by atoms with Gasteiger partial charge in [0.1, 0.15) is 5.69 Å². The maximum absolute atomic E-state index is 12.5. The number of hydrogen-bond acceptors (Lipinski definition) is 3. The Morgan fingerprint density at radius 1 is 1.38 bits per heavy atom. The lowest BCUT2D eigenvalue weighted by Crippen LogP contribution is -2.30. The molecule has 0 saturated heterocycles. The van der Waals surface area contributed by atoms with Gasteiger partial charge in [-0.25, -0.2) is 4.98 Å². The van der Waals surface area contributed by atoms with E-state index in [1.54, 1.807) is 6.92 Å². The highest BCUT2D eigenvalue weighted by atomic mass is 19.4. The molecular formula is C13H15F3N2O3. The Morgan fingerprint density at radius 2 is 2.00 bits per heavy atom. The number of aryl methyl sites for hydroxylation is 1. The second kappa shape index (κ2) is 6.55. The average Bonchev–Trinajstić information content (AvgIpc) is 2.33. The zero-order chi connectivity index (χ0) is 16.2. The van der Waals surface area contributed by atoms with Crippen molar-refractivity contribution in [3.05, 3.63) is 29.1 Å². The van der Waals surface area contributed by atoms with E-state index in [1.165, 1.54) is 6.92 Å². The van der Waals surface area contributed by atoms with Crippen LogP contribution in [0, 0.1) is 12.8 Å². The van der Waals surface area contributed by atoms with Gasteiger partial charge >= 0.3 is 12.1 Å². The Labute approximate surface area is 119 Å². The summed E-state index contributed by atoms with van der Waals surface area (Å²) in [6.07, 6.45) is -4.67. The molecule has 5 nitrogen and oxygen atoms in total. The Balaban J connectivity index is 2.73. The Kier molecular flexibility index (Phi) is 5.28. The number of carboxylic acids is 1. The van der Waals surface area contributed by atoms with Crippen molar-refractivity contribution in [1.29, 1.82) is 0 Å². The summed E-state index contributed by atoms with van der Waals surface area (Å²) >= 11 is 0. The van der Waals surface area contributed by atoms with E-state index >= 15 is 0 Å². The van der Waals surface area contributed by atoms with Crippen LogP contribution in [-0.2, 0) is 11.0 Å². The van der Waals surface area contributed by atoms with Gasteiger partial charge in [0.05, 0.1) is 11.3 Å².